The molecule has 4 aromatic rings. The molecule has 1 aliphatic carbocycles. The van der Waals surface area contributed by atoms with Crippen LogP contribution in [0.1, 0.15) is 63.7 Å². The highest BCUT2D eigenvalue weighted by molar-refractivity contribution is 6.35. The summed E-state index contributed by atoms with van der Waals surface area (Å²) < 4.78 is 0. The summed E-state index contributed by atoms with van der Waals surface area (Å²) in [5, 5.41) is 0.764. The summed E-state index contributed by atoms with van der Waals surface area (Å²) in [5.41, 5.74) is 1.03. The Kier molecular flexibility index (Phi) is 5.48. The molecule has 0 N–H and O–H groups in total. The van der Waals surface area contributed by atoms with Gasteiger partial charge in [-0.1, -0.05) is 83.9 Å². The molecule has 1 aliphatic rings. The Balaban J connectivity index is 1.66. The predicted molar refractivity (Wildman–Crippen MR) is 130 cm³/mol. The Bertz CT molecular complexity index is 1440. The predicted octanol–water partition coefficient (Wildman–Crippen LogP) is 6.23. The number of rotatable bonds is 4. The maximum Gasteiger partial charge on any atom is 0.195 e. The minimum absolute atomic E-state index is 0.0253. The average Bonchev–Trinajstić information content (AvgIpc) is 2.85. The van der Waals surface area contributed by atoms with E-state index in [2.05, 4.69) is 0 Å². The molecule has 0 amide bonds. The lowest BCUT2D eigenvalue weighted by molar-refractivity contribution is 0.0964. The number of benzene rings is 4. The van der Waals surface area contributed by atoms with Gasteiger partial charge in [-0.05, 0) is 24.3 Å². The van der Waals surface area contributed by atoms with E-state index in [-0.39, 0.29) is 33.4 Å². The smallest absolute Gasteiger partial charge is 0.195 e. The summed E-state index contributed by atoms with van der Waals surface area (Å²) in [6.45, 7) is 0. The molecule has 0 spiro atoms. The van der Waals surface area contributed by atoms with Gasteiger partial charge in [0, 0.05) is 54.6 Å². The molecule has 0 radical (unpaired) electrons. The molecule has 0 aliphatic heterocycles. The van der Waals surface area contributed by atoms with Gasteiger partial charge in [-0.25, -0.2) is 0 Å². The fourth-order valence-electron chi connectivity index (χ4n) is 4.19. The number of carbonyl (C=O) groups excluding carboxylic acids is 4. The summed E-state index contributed by atoms with van der Waals surface area (Å²) in [6, 6.07) is 21.9. The molecule has 4 nitrogen and oxygen atoms in total. The van der Waals surface area contributed by atoms with Crippen LogP contribution in [0.4, 0.5) is 0 Å². The highest BCUT2D eigenvalue weighted by Crippen LogP contribution is 2.33. The van der Waals surface area contributed by atoms with E-state index in [1.165, 1.54) is 36.4 Å². The minimum Gasteiger partial charge on any atom is -0.289 e. The zero-order valence-corrected chi connectivity index (χ0v) is 19.0. The fourth-order valence-corrected chi connectivity index (χ4v) is 4.57. The van der Waals surface area contributed by atoms with Gasteiger partial charge in [0.1, 0.15) is 0 Å². The quantitative estimate of drug-likeness (QED) is 0.283. The number of ketones is 4. The van der Waals surface area contributed by atoms with E-state index in [0.717, 1.165) is 0 Å². The van der Waals surface area contributed by atoms with E-state index in [0.29, 0.717) is 21.2 Å². The number of fused-ring (bicyclic) bond motifs is 2. The van der Waals surface area contributed by atoms with E-state index >= 15 is 0 Å². The molecule has 0 fully saturated rings. The van der Waals surface area contributed by atoms with Crippen LogP contribution in [0.3, 0.4) is 0 Å². The van der Waals surface area contributed by atoms with Crippen molar-refractivity contribution < 1.29 is 19.2 Å². The fraction of sp³-hybridized carbons (Fsp3) is 0. The molecule has 164 valence electrons. The Labute approximate surface area is 204 Å². The molecule has 0 saturated heterocycles. The highest BCUT2D eigenvalue weighted by Gasteiger charge is 2.36. The molecule has 0 heterocycles. The first-order valence-corrected chi connectivity index (χ1v) is 11.1. The molecule has 34 heavy (non-hydrogen) atoms. The summed E-state index contributed by atoms with van der Waals surface area (Å²) in [5.74, 6) is -1.82. The van der Waals surface area contributed by atoms with Crippen molar-refractivity contribution in [1.29, 1.82) is 0 Å². The van der Waals surface area contributed by atoms with Crippen molar-refractivity contribution in [1.82, 2.24) is 0 Å². The summed E-state index contributed by atoms with van der Waals surface area (Å²) in [6.07, 6.45) is 0. The van der Waals surface area contributed by atoms with Crippen molar-refractivity contribution in [3.63, 3.8) is 0 Å². The van der Waals surface area contributed by atoms with Gasteiger partial charge in [-0.3, -0.25) is 19.2 Å². The van der Waals surface area contributed by atoms with Crippen molar-refractivity contribution in [2.24, 2.45) is 0 Å². The van der Waals surface area contributed by atoms with Crippen LogP contribution in [0, 0.1) is 0 Å². The lowest BCUT2D eigenvalue weighted by Gasteiger charge is -2.21. The molecule has 0 saturated carbocycles. The lowest BCUT2D eigenvalue weighted by Crippen LogP contribution is -2.26. The van der Waals surface area contributed by atoms with E-state index < -0.39 is 23.1 Å². The Morgan fingerprint density at radius 2 is 0.912 bits per heavy atom. The van der Waals surface area contributed by atoms with E-state index in [4.69, 9.17) is 23.2 Å². The Morgan fingerprint density at radius 3 is 1.29 bits per heavy atom. The molecule has 4 aromatic carbocycles. The second-order valence-electron chi connectivity index (χ2n) is 7.79. The standard InChI is InChI=1S/C28H14Cl2O4/c29-17-7-1-5-15(13-17)25(31)19-9-3-11-21-23(19)27(33)22-12-4-10-20(24(22)28(21)34)26(32)16-6-2-8-18(30)14-16/h1-14H. The zero-order valence-electron chi connectivity index (χ0n) is 17.5. The van der Waals surface area contributed by atoms with Crippen LogP contribution in [0.25, 0.3) is 0 Å². The molecule has 6 heteroatoms. The van der Waals surface area contributed by atoms with Crippen LogP contribution in [0.15, 0.2) is 84.9 Å². The van der Waals surface area contributed by atoms with Gasteiger partial charge in [0.15, 0.2) is 23.1 Å². The zero-order chi connectivity index (χ0) is 24.0. The van der Waals surface area contributed by atoms with Crippen LogP contribution in [-0.4, -0.2) is 23.1 Å². The van der Waals surface area contributed by atoms with Crippen LogP contribution in [0.2, 0.25) is 10.0 Å². The highest BCUT2D eigenvalue weighted by atomic mass is 35.5. The van der Waals surface area contributed by atoms with E-state index in [9.17, 15) is 19.2 Å². The van der Waals surface area contributed by atoms with Gasteiger partial charge >= 0.3 is 0 Å². The first-order valence-electron chi connectivity index (χ1n) is 10.3. The molecular weight excluding hydrogens is 471 g/mol. The normalized spacial score (nSPS) is 12.2. The number of carbonyl (C=O) groups is 4. The maximum atomic E-state index is 13.6. The third-order valence-electron chi connectivity index (χ3n) is 5.74. The van der Waals surface area contributed by atoms with Gasteiger partial charge in [0.25, 0.3) is 0 Å². The van der Waals surface area contributed by atoms with Crippen LogP contribution < -0.4 is 0 Å². The van der Waals surface area contributed by atoms with Gasteiger partial charge in [-0.15, -0.1) is 0 Å². The number of halogens is 2. The second-order valence-corrected chi connectivity index (χ2v) is 8.67. The third-order valence-corrected chi connectivity index (χ3v) is 6.21. The van der Waals surface area contributed by atoms with Crippen LogP contribution >= 0.6 is 23.2 Å². The molecular formula is C28H14Cl2O4. The Hall–Kier alpha value is -3.86. The first kappa shape index (κ1) is 22.0. The van der Waals surface area contributed by atoms with Crippen molar-refractivity contribution in [3.8, 4) is 0 Å². The Morgan fingerprint density at radius 1 is 0.529 bits per heavy atom. The van der Waals surface area contributed by atoms with Gasteiger partial charge in [-0.2, -0.15) is 0 Å². The molecule has 0 unspecified atom stereocenters. The van der Waals surface area contributed by atoms with E-state index in [1.54, 1.807) is 48.5 Å². The van der Waals surface area contributed by atoms with Gasteiger partial charge in [0.2, 0.25) is 0 Å². The van der Waals surface area contributed by atoms with Crippen molar-refractivity contribution in [2.45, 2.75) is 0 Å². The van der Waals surface area contributed by atoms with Crippen molar-refractivity contribution >= 4 is 46.3 Å². The minimum atomic E-state index is -0.490. The monoisotopic (exact) mass is 484 g/mol. The summed E-state index contributed by atoms with van der Waals surface area (Å²) in [4.78, 5) is 53.6. The van der Waals surface area contributed by atoms with E-state index in [1.807, 2.05) is 0 Å². The first-order chi connectivity index (χ1) is 16.4. The summed E-state index contributed by atoms with van der Waals surface area (Å²) >= 11 is 12.1. The van der Waals surface area contributed by atoms with Crippen molar-refractivity contribution in [2.75, 3.05) is 0 Å². The maximum absolute atomic E-state index is 13.6. The SMILES string of the molecule is O=C(c1cccc(Cl)c1)c1cccc2c1C(=O)c1cccc(C(=O)c3cccc(Cl)c3)c1C2=O. The third kappa shape index (κ3) is 3.58. The largest absolute Gasteiger partial charge is 0.289 e. The lowest BCUT2D eigenvalue weighted by atomic mass is 9.78. The molecule has 0 aromatic heterocycles. The molecule has 5 rings (SSSR count). The molecule has 0 atom stereocenters. The number of hydrogen-bond acceptors (Lipinski definition) is 4. The van der Waals surface area contributed by atoms with Gasteiger partial charge in [0.05, 0.1) is 0 Å². The number of hydrogen-bond donors (Lipinski definition) is 0. The van der Waals surface area contributed by atoms with Crippen LogP contribution in [-0.2, 0) is 0 Å². The average molecular weight is 485 g/mol. The van der Waals surface area contributed by atoms with Gasteiger partial charge < -0.3 is 0 Å². The second kappa shape index (κ2) is 8.49. The topological polar surface area (TPSA) is 68.3 Å². The van der Waals surface area contributed by atoms with Crippen LogP contribution in [0.5, 0.6) is 0 Å². The van der Waals surface area contributed by atoms with Crippen molar-refractivity contribution in [3.05, 3.63) is 139 Å². The summed E-state index contributed by atoms with van der Waals surface area (Å²) in [7, 11) is 0. The molecule has 0 bridgehead atoms.